The Hall–Kier alpha value is -0.780. The van der Waals surface area contributed by atoms with E-state index in [9.17, 15) is 13.2 Å². The fourth-order valence-corrected chi connectivity index (χ4v) is 2.92. The largest absolute Gasteiger partial charge is 0.342 e. The summed E-state index contributed by atoms with van der Waals surface area (Å²) in [5.41, 5.74) is -0.0786. The quantitative estimate of drug-likeness (QED) is 0.804. The van der Waals surface area contributed by atoms with Crippen molar-refractivity contribution in [1.29, 1.82) is 0 Å². The molecule has 0 aromatic heterocycles. The zero-order valence-electron chi connectivity index (χ0n) is 9.98. The van der Waals surface area contributed by atoms with Crippen LogP contribution in [0.2, 0.25) is 5.02 Å². The minimum Gasteiger partial charge on any atom is -0.342 e. The van der Waals surface area contributed by atoms with E-state index in [1.54, 1.807) is 7.05 Å². The maximum absolute atomic E-state index is 12.1. The molecule has 0 heterocycles. The van der Waals surface area contributed by atoms with Gasteiger partial charge in [0.05, 0.1) is 15.5 Å². The summed E-state index contributed by atoms with van der Waals surface area (Å²) in [6.07, 6.45) is 0.760. The summed E-state index contributed by atoms with van der Waals surface area (Å²) in [4.78, 5) is 13.3. The lowest BCUT2D eigenvalue weighted by molar-refractivity contribution is 0.0791. The van der Waals surface area contributed by atoms with Gasteiger partial charge in [0, 0.05) is 24.3 Å². The molecule has 0 aliphatic carbocycles. The van der Waals surface area contributed by atoms with Gasteiger partial charge in [-0.05, 0) is 18.6 Å². The van der Waals surface area contributed by atoms with Crippen LogP contribution in [-0.2, 0) is 9.05 Å². The second-order valence-corrected chi connectivity index (χ2v) is 6.72. The van der Waals surface area contributed by atoms with Crippen LogP contribution in [0.3, 0.4) is 0 Å². The summed E-state index contributed by atoms with van der Waals surface area (Å²) < 4.78 is 22.9. The molecule has 100 valence electrons. The second-order valence-electron chi connectivity index (χ2n) is 3.78. The summed E-state index contributed by atoms with van der Waals surface area (Å²) in [6.45, 7) is 2.42. The van der Waals surface area contributed by atoms with Crippen molar-refractivity contribution >= 4 is 37.2 Å². The van der Waals surface area contributed by atoms with Gasteiger partial charge in [0.15, 0.2) is 0 Å². The molecule has 0 aliphatic heterocycles. The summed E-state index contributed by atoms with van der Waals surface area (Å²) >= 11 is 5.90. The Morgan fingerprint density at radius 3 is 2.50 bits per heavy atom. The molecular weight excluding hydrogens is 297 g/mol. The summed E-state index contributed by atoms with van der Waals surface area (Å²) in [7, 11) is 2.88. The molecule has 0 saturated heterocycles. The average molecular weight is 310 g/mol. The number of carbonyl (C=O) groups excluding carboxylic acids is 1. The maximum atomic E-state index is 12.1. The zero-order valence-corrected chi connectivity index (χ0v) is 12.3. The molecule has 4 nitrogen and oxygen atoms in total. The standard InChI is InChI=1S/C11H13Cl2NO3S/c1-3-7-14(2)11(15)10-8(12)5-4-6-9(10)18(13,16)17/h4-6H,3,7H2,1-2H3. The Morgan fingerprint density at radius 2 is 2.00 bits per heavy atom. The zero-order chi connectivity index (χ0) is 13.9. The molecule has 1 rings (SSSR count). The van der Waals surface area contributed by atoms with Gasteiger partial charge in [0.25, 0.3) is 15.0 Å². The molecule has 1 aromatic carbocycles. The Bertz CT molecular complexity index is 557. The van der Waals surface area contributed by atoms with Crippen LogP contribution < -0.4 is 0 Å². The van der Waals surface area contributed by atoms with Gasteiger partial charge in [-0.25, -0.2) is 8.42 Å². The monoisotopic (exact) mass is 309 g/mol. The highest BCUT2D eigenvalue weighted by Crippen LogP contribution is 2.27. The summed E-state index contributed by atoms with van der Waals surface area (Å²) in [5, 5.41) is 0.0738. The molecule has 0 unspecified atom stereocenters. The van der Waals surface area contributed by atoms with Gasteiger partial charge in [-0.2, -0.15) is 0 Å². The Morgan fingerprint density at radius 1 is 1.39 bits per heavy atom. The lowest BCUT2D eigenvalue weighted by Crippen LogP contribution is -2.28. The van der Waals surface area contributed by atoms with Crippen LogP contribution >= 0.6 is 22.3 Å². The van der Waals surface area contributed by atoms with Crippen molar-refractivity contribution in [2.45, 2.75) is 18.2 Å². The highest BCUT2D eigenvalue weighted by molar-refractivity contribution is 8.13. The molecule has 0 fully saturated rings. The van der Waals surface area contributed by atoms with Crippen molar-refractivity contribution in [3.63, 3.8) is 0 Å². The number of benzene rings is 1. The van der Waals surface area contributed by atoms with Crippen molar-refractivity contribution in [2.75, 3.05) is 13.6 Å². The van der Waals surface area contributed by atoms with Crippen LogP contribution in [0.1, 0.15) is 23.7 Å². The third-order valence-electron chi connectivity index (χ3n) is 2.36. The Labute approximate surface area is 116 Å². The van der Waals surface area contributed by atoms with Crippen LogP contribution in [0.25, 0.3) is 0 Å². The van der Waals surface area contributed by atoms with E-state index in [1.807, 2.05) is 6.92 Å². The van der Waals surface area contributed by atoms with Gasteiger partial charge in [0.1, 0.15) is 0 Å². The van der Waals surface area contributed by atoms with Crippen LogP contribution in [0.5, 0.6) is 0 Å². The Balaban J connectivity index is 3.36. The van der Waals surface area contributed by atoms with E-state index >= 15 is 0 Å². The smallest absolute Gasteiger partial charge is 0.262 e. The van der Waals surface area contributed by atoms with E-state index in [-0.39, 0.29) is 15.5 Å². The second kappa shape index (κ2) is 5.91. The van der Waals surface area contributed by atoms with Gasteiger partial charge >= 0.3 is 0 Å². The lowest BCUT2D eigenvalue weighted by Gasteiger charge is -2.18. The minimum absolute atomic E-state index is 0.0738. The van der Waals surface area contributed by atoms with Crippen LogP contribution in [0.15, 0.2) is 23.1 Å². The number of carbonyl (C=O) groups is 1. The van der Waals surface area contributed by atoms with Gasteiger partial charge < -0.3 is 4.90 Å². The predicted molar refractivity (Wildman–Crippen MR) is 71.7 cm³/mol. The van der Waals surface area contributed by atoms with Crippen LogP contribution in [0, 0.1) is 0 Å². The average Bonchev–Trinajstić information content (AvgIpc) is 2.27. The van der Waals surface area contributed by atoms with Gasteiger partial charge in [-0.15, -0.1) is 0 Å². The highest BCUT2D eigenvalue weighted by atomic mass is 35.7. The third kappa shape index (κ3) is 3.37. The predicted octanol–water partition coefficient (Wildman–Crippen LogP) is 2.75. The number of hydrogen-bond donors (Lipinski definition) is 0. The van der Waals surface area contributed by atoms with E-state index in [0.717, 1.165) is 6.42 Å². The first-order valence-corrected chi connectivity index (χ1v) is 7.96. The summed E-state index contributed by atoms with van der Waals surface area (Å²) in [5.74, 6) is -0.457. The van der Waals surface area contributed by atoms with Crippen molar-refractivity contribution in [3.05, 3.63) is 28.8 Å². The topological polar surface area (TPSA) is 54.5 Å². The van der Waals surface area contributed by atoms with E-state index in [4.69, 9.17) is 22.3 Å². The molecule has 18 heavy (non-hydrogen) atoms. The number of halogens is 2. The lowest BCUT2D eigenvalue weighted by atomic mass is 10.2. The molecular formula is C11H13Cl2NO3S. The first kappa shape index (κ1) is 15.3. The maximum Gasteiger partial charge on any atom is 0.262 e. The molecule has 0 atom stereocenters. The molecule has 0 N–H and O–H groups in total. The third-order valence-corrected chi connectivity index (χ3v) is 4.04. The van der Waals surface area contributed by atoms with E-state index < -0.39 is 15.0 Å². The fraction of sp³-hybridized carbons (Fsp3) is 0.364. The molecule has 7 heteroatoms. The van der Waals surface area contributed by atoms with Crippen molar-refractivity contribution in [3.8, 4) is 0 Å². The number of hydrogen-bond acceptors (Lipinski definition) is 3. The first-order chi connectivity index (χ1) is 8.29. The first-order valence-electron chi connectivity index (χ1n) is 5.27. The molecule has 1 amide bonds. The van der Waals surface area contributed by atoms with Crippen molar-refractivity contribution in [1.82, 2.24) is 4.90 Å². The van der Waals surface area contributed by atoms with E-state index in [0.29, 0.717) is 6.54 Å². The van der Waals surface area contributed by atoms with E-state index in [2.05, 4.69) is 0 Å². The fourth-order valence-electron chi connectivity index (χ4n) is 1.54. The normalized spacial score (nSPS) is 11.3. The highest BCUT2D eigenvalue weighted by Gasteiger charge is 2.25. The summed E-state index contributed by atoms with van der Waals surface area (Å²) in [6, 6.07) is 4.16. The minimum atomic E-state index is -4.01. The SMILES string of the molecule is CCCN(C)C(=O)c1c(Cl)cccc1S(=O)(=O)Cl. The van der Waals surface area contributed by atoms with Crippen LogP contribution in [0.4, 0.5) is 0 Å². The van der Waals surface area contributed by atoms with Crippen molar-refractivity contribution in [2.24, 2.45) is 0 Å². The number of amides is 1. The molecule has 0 radical (unpaired) electrons. The molecule has 0 aliphatic rings. The van der Waals surface area contributed by atoms with Gasteiger partial charge in [0.2, 0.25) is 0 Å². The molecule has 0 saturated carbocycles. The van der Waals surface area contributed by atoms with Gasteiger partial charge in [-0.3, -0.25) is 4.79 Å². The molecule has 0 bridgehead atoms. The van der Waals surface area contributed by atoms with Crippen LogP contribution in [-0.4, -0.2) is 32.8 Å². The number of nitrogens with zero attached hydrogens (tertiary/aromatic N) is 1. The number of rotatable bonds is 4. The van der Waals surface area contributed by atoms with Gasteiger partial charge in [-0.1, -0.05) is 24.6 Å². The molecule has 0 spiro atoms. The Kier molecular flexibility index (Phi) is 5.01. The van der Waals surface area contributed by atoms with Crippen molar-refractivity contribution < 1.29 is 13.2 Å². The molecule has 1 aromatic rings. The van der Waals surface area contributed by atoms with E-state index in [1.165, 1.54) is 23.1 Å².